The molecule has 0 radical (unpaired) electrons. The molecule has 0 saturated heterocycles. The molecule has 0 amide bonds. The van der Waals surface area contributed by atoms with E-state index in [1.54, 1.807) is 24.5 Å². The number of carbonyl (C=O) groups excluding carboxylic acids is 2. The normalized spacial score (nSPS) is 10.6. The first-order valence-corrected chi connectivity index (χ1v) is 8.39. The van der Waals surface area contributed by atoms with Crippen molar-refractivity contribution in [3.8, 4) is 11.5 Å². The smallest absolute Gasteiger partial charge is 0.310 e. The van der Waals surface area contributed by atoms with E-state index in [-0.39, 0.29) is 18.8 Å². The Kier molecular flexibility index (Phi) is 5.45. The SMILES string of the molecule is COc1ccc(C(=O)COC(=O)Cc2coc3cc(C)ccc23)c(OC)c1. The van der Waals surface area contributed by atoms with Crippen LogP contribution in [0.4, 0.5) is 0 Å². The molecule has 0 saturated carbocycles. The molecule has 0 unspecified atom stereocenters. The zero-order chi connectivity index (χ0) is 19.4. The Bertz CT molecular complexity index is 986. The molecule has 0 aliphatic rings. The molecule has 0 atom stereocenters. The fraction of sp³-hybridized carbons (Fsp3) is 0.238. The van der Waals surface area contributed by atoms with Crippen LogP contribution in [0.25, 0.3) is 11.0 Å². The highest BCUT2D eigenvalue weighted by Gasteiger charge is 2.17. The summed E-state index contributed by atoms with van der Waals surface area (Å²) in [7, 11) is 2.99. The van der Waals surface area contributed by atoms with Crippen LogP contribution in [-0.4, -0.2) is 32.6 Å². The second-order valence-corrected chi connectivity index (χ2v) is 6.09. The third-order valence-electron chi connectivity index (χ3n) is 4.22. The number of ketones is 1. The first-order valence-electron chi connectivity index (χ1n) is 8.39. The van der Waals surface area contributed by atoms with Crippen molar-refractivity contribution >= 4 is 22.7 Å². The fourth-order valence-electron chi connectivity index (χ4n) is 2.79. The second-order valence-electron chi connectivity index (χ2n) is 6.09. The highest BCUT2D eigenvalue weighted by molar-refractivity contribution is 6.00. The lowest BCUT2D eigenvalue weighted by Gasteiger charge is -2.10. The molecule has 0 aliphatic carbocycles. The van der Waals surface area contributed by atoms with E-state index in [1.807, 2.05) is 25.1 Å². The van der Waals surface area contributed by atoms with Crippen molar-refractivity contribution in [1.29, 1.82) is 0 Å². The average Bonchev–Trinajstić information content (AvgIpc) is 3.07. The largest absolute Gasteiger partial charge is 0.497 e. The van der Waals surface area contributed by atoms with Crippen LogP contribution < -0.4 is 9.47 Å². The maximum absolute atomic E-state index is 12.4. The Hall–Kier alpha value is -3.28. The van der Waals surface area contributed by atoms with Gasteiger partial charge in [-0.2, -0.15) is 0 Å². The standard InChI is InChI=1S/C21H20O6/c1-13-4-6-16-14(11-26-20(16)8-13)9-21(23)27-12-18(22)17-7-5-15(24-2)10-19(17)25-3/h4-8,10-11H,9,12H2,1-3H3. The van der Waals surface area contributed by atoms with Gasteiger partial charge in [-0.15, -0.1) is 0 Å². The van der Waals surface area contributed by atoms with Crippen LogP contribution in [-0.2, 0) is 16.0 Å². The zero-order valence-electron chi connectivity index (χ0n) is 15.4. The van der Waals surface area contributed by atoms with Crippen LogP contribution in [0.15, 0.2) is 47.1 Å². The third-order valence-corrected chi connectivity index (χ3v) is 4.22. The van der Waals surface area contributed by atoms with Crippen LogP contribution in [0.1, 0.15) is 21.5 Å². The number of methoxy groups -OCH3 is 2. The predicted molar refractivity (Wildman–Crippen MR) is 99.5 cm³/mol. The molecule has 3 rings (SSSR count). The maximum atomic E-state index is 12.4. The lowest BCUT2D eigenvalue weighted by Crippen LogP contribution is -2.16. The first-order chi connectivity index (χ1) is 13.0. The Balaban J connectivity index is 1.64. The van der Waals surface area contributed by atoms with Gasteiger partial charge in [0.2, 0.25) is 5.78 Å². The van der Waals surface area contributed by atoms with E-state index < -0.39 is 5.97 Å². The van der Waals surface area contributed by atoms with E-state index >= 15 is 0 Å². The first kappa shape index (κ1) is 18.5. The van der Waals surface area contributed by atoms with Crippen molar-refractivity contribution in [3.63, 3.8) is 0 Å². The molecule has 27 heavy (non-hydrogen) atoms. The number of ether oxygens (including phenoxy) is 3. The minimum atomic E-state index is -0.501. The summed E-state index contributed by atoms with van der Waals surface area (Å²) in [6.07, 6.45) is 1.57. The van der Waals surface area contributed by atoms with Gasteiger partial charge < -0.3 is 18.6 Å². The lowest BCUT2D eigenvalue weighted by molar-refractivity contribution is -0.141. The van der Waals surface area contributed by atoms with Crippen molar-refractivity contribution in [1.82, 2.24) is 0 Å². The Morgan fingerprint density at radius 3 is 2.59 bits per heavy atom. The van der Waals surface area contributed by atoms with Gasteiger partial charge in [0.1, 0.15) is 17.1 Å². The van der Waals surface area contributed by atoms with Crippen LogP contribution in [0.3, 0.4) is 0 Å². The van der Waals surface area contributed by atoms with Gasteiger partial charge in [0, 0.05) is 17.0 Å². The van der Waals surface area contributed by atoms with Crippen molar-refractivity contribution < 1.29 is 28.2 Å². The Morgan fingerprint density at radius 2 is 1.85 bits per heavy atom. The molecular weight excluding hydrogens is 348 g/mol. The van der Waals surface area contributed by atoms with E-state index in [2.05, 4.69) is 0 Å². The molecule has 0 spiro atoms. The van der Waals surface area contributed by atoms with Crippen molar-refractivity contribution in [3.05, 3.63) is 59.4 Å². The zero-order valence-corrected chi connectivity index (χ0v) is 15.4. The van der Waals surface area contributed by atoms with Gasteiger partial charge >= 0.3 is 5.97 Å². The van der Waals surface area contributed by atoms with Crippen LogP contribution >= 0.6 is 0 Å². The van der Waals surface area contributed by atoms with Gasteiger partial charge in [-0.25, -0.2) is 0 Å². The minimum absolute atomic E-state index is 0.0308. The number of carbonyl (C=O) groups is 2. The molecule has 0 N–H and O–H groups in total. The molecule has 0 bridgehead atoms. The molecule has 2 aromatic carbocycles. The minimum Gasteiger partial charge on any atom is -0.497 e. The number of aryl methyl sites for hydroxylation is 1. The number of Topliss-reactive ketones (excluding diaryl/α,β-unsaturated/α-hetero) is 1. The summed E-state index contributed by atoms with van der Waals surface area (Å²) in [5, 5.41) is 0.862. The number of fused-ring (bicyclic) bond motifs is 1. The maximum Gasteiger partial charge on any atom is 0.310 e. The number of furan rings is 1. The topological polar surface area (TPSA) is 75.0 Å². The van der Waals surface area contributed by atoms with Crippen LogP contribution in [0.2, 0.25) is 0 Å². The summed E-state index contributed by atoms with van der Waals surface area (Å²) >= 11 is 0. The fourth-order valence-corrected chi connectivity index (χ4v) is 2.79. The van der Waals surface area contributed by atoms with E-state index in [0.29, 0.717) is 17.1 Å². The average molecular weight is 368 g/mol. The van der Waals surface area contributed by atoms with E-state index in [9.17, 15) is 9.59 Å². The summed E-state index contributed by atoms with van der Waals surface area (Å²) in [5.74, 6) is 0.0868. The molecule has 140 valence electrons. The van der Waals surface area contributed by atoms with Gasteiger partial charge in [-0.05, 0) is 30.7 Å². The monoisotopic (exact) mass is 368 g/mol. The van der Waals surface area contributed by atoms with Gasteiger partial charge in [-0.1, -0.05) is 12.1 Å². The molecule has 6 heteroatoms. The molecule has 1 aromatic heterocycles. The predicted octanol–water partition coefficient (Wildman–Crippen LogP) is 3.73. The third kappa shape index (κ3) is 4.11. The number of hydrogen-bond donors (Lipinski definition) is 0. The summed E-state index contributed by atoms with van der Waals surface area (Å²) in [6, 6.07) is 10.6. The van der Waals surface area contributed by atoms with E-state index in [4.69, 9.17) is 18.6 Å². The number of esters is 1. The number of rotatable bonds is 7. The molecule has 6 nitrogen and oxygen atoms in total. The quantitative estimate of drug-likeness (QED) is 0.467. The number of hydrogen-bond acceptors (Lipinski definition) is 6. The summed E-state index contributed by atoms with van der Waals surface area (Å²) < 4.78 is 20.9. The van der Waals surface area contributed by atoms with Gasteiger partial charge in [-0.3, -0.25) is 9.59 Å². The van der Waals surface area contributed by atoms with Crippen LogP contribution in [0, 0.1) is 6.92 Å². The molecular formula is C21H20O6. The second kappa shape index (κ2) is 7.95. The molecule has 1 heterocycles. The highest BCUT2D eigenvalue weighted by Crippen LogP contribution is 2.25. The lowest BCUT2D eigenvalue weighted by atomic mass is 10.1. The van der Waals surface area contributed by atoms with Gasteiger partial charge in [0.05, 0.1) is 32.5 Å². The molecule has 0 fully saturated rings. The number of benzene rings is 2. The van der Waals surface area contributed by atoms with Crippen molar-refractivity contribution in [2.24, 2.45) is 0 Å². The van der Waals surface area contributed by atoms with Crippen molar-refractivity contribution in [2.45, 2.75) is 13.3 Å². The summed E-state index contributed by atoms with van der Waals surface area (Å²) in [6.45, 7) is 1.60. The Labute approximate surface area is 156 Å². The molecule has 3 aromatic rings. The van der Waals surface area contributed by atoms with Crippen molar-refractivity contribution in [2.75, 3.05) is 20.8 Å². The summed E-state index contributed by atoms with van der Waals surface area (Å²) in [5.41, 5.74) is 2.85. The summed E-state index contributed by atoms with van der Waals surface area (Å²) in [4.78, 5) is 24.5. The molecule has 0 aliphatic heterocycles. The van der Waals surface area contributed by atoms with E-state index in [1.165, 1.54) is 14.2 Å². The highest BCUT2D eigenvalue weighted by atomic mass is 16.5. The van der Waals surface area contributed by atoms with E-state index in [0.717, 1.165) is 22.1 Å². The van der Waals surface area contributed by atoms with Gasteiger partial charge in [0.15, 0.2) is 6.61 Å². The van der Waals surface area contributed by atoms with Crippen LogP contribution in [0.5, 0.6) is 11.5 Å². The Morgan fingerprint density at radius 1 is 1.04 bits per heavy atom. The van der Waals surface area contributed by atoms with Gasteiger partial charge in [0.25, 0.3) is 0 Å².